The molecule has 146 valence electrons. The van der Waals surface area contributed by atoms with Gasteiger partial charge in [0.05, 0.1) is 11.5 Å². The standard InChI is InChI=1S/C22H24ClN3O2/c1-13-15(23)6-4-7-16(13)28-17-8-5-11-26-19(17)24-25-20(26)22-10-9-14(12-18(22)27)21(22,2)3/h4-8,11,14,18,27H,9-10,12H2,1-3H3/t14-,18-,22+/m1/s1. The fraction of sp³-hybridized carbons (Fsp3) is 0.455. The van der Waals surface area contributed by atoms with Crippen molar-refractivity contribution >= 4 is 17.2 Å². The molecular weight excluding hydrogens is 374 g/mol. The maximum atomic E-state index is 11.0. The molecule has 0 aliphatic heterocycles. The topological polar surface area (TPSA) is 59.7 Å². The average Bonchev–Trinajstić information content (AvgIpc) is 3.26. The number of ether oxygens (including phenoxy) is 1. The zero-order valence-corrected chi connectivity index (χ0v) is 17.1. The molecule has 5 rings (SSSR count). The second kappa shape index (κ2) is 5.94. The molecule has 5 nitrogen and oxygen atoms in total. The van der Waals surface area contributed by atoms with Gasteiger partial charge < -0.3 is 9.84 Å². The van der Waals surface area contributed by atoms with Crippen LogP contribution in [0.3, 0.4) is 0 Å². The lowest BCUT2D eigenvalue weighted by molar-refractivity contribution is 0.0541. The first-order valence-corrected chi connectivity index (χ1v) is 10.2. The van der Waals surface area contributed by atoms with Gasteiger partial charge in [-0.15, -0.1) is 10.2 Å². The highest BCUT2D eigenvalue weighted by Gasteiger charge is 2.66. The van der Waals surface area contributed by atoms with Gasteiger partial charge in [-0.25, -0.2) is 0 Å². The summed E-state index contributed by atoms with van der Waals surface area (Å²) in [6.07, 6.45) is 4.46. The highest BCUT2D eigenvalue weighted by atomic mass is 35.5. The summed E-state index contributed by atoms with van der Waals surface area (Å²) < 4.78 is 8.16. The van der Waals surface area contributed by atoms with E-state index in [0.717, 1.165) is 30.7 Å². The van der Waals surface area contributed by atoms with Crippen LogP contribution < -0.4 is 4.74 Å². The molecule has 2 aliphatic rings. The van der Waals surface area contributed by atoms with Crippen molar-refractivity contribution in [3.63, 3.8) is 0 Å². The summed E-state index contributed by atoms with van der Waals surface area (Å²) in [5, 5.41) is 20.7. The highest BCUT2D eigenvalue weighted by Crippen LogP contribution is 2.65. The van der Waals surface area contributed by atoms with E-state index in [9.17, 15) is 5.11 Å². The van der Waals surface area contributed by atoms with Gasteiger partial charge in [-0.05, 0) is 61.8 Å². The highest BCUT2D eigenvalue weighted by molar-refractivity contribution is 6.31. The van der Waals surface area contributed by atoms with Crippen LogP contribution in [0.15, 0.2) is 36.5 Å². The van der Waals surface area contributed by atoms with Crippen LogP contribution in [0.25, 0.3) is 5.65 Å². The van der Waals surface area contributed by atoms with Gasteiger partial charge >= 0.3 is 0 Å². The lowest BCUT2D eigenvalue weighted by Crippen LogP contribution is -2.44. The number of aromatic nitrogens is 3. The summed E-state index contributed by atoms with van der Waals surface area (Å²) in [7, 11) is 0. The molecule has 3 atom stereocenters. The van der Waals surface area contributed by atoms with Gasteiger partial charge in [0.1, 0.15) is 11.6 Å². The number of halogens is 1. The fourth-order valence-electron chi connectivity index (χ4n) is 5.57. The Balaban J connectivity index is 1.63. The minimum absolute atomic E-state index is 0.0181. The third-order valence-corrected chi connectivity index (χ3v) is 7.78. The molecule has 0 spiro atoms. The first-order valence-electron chi connectivity index (χ1n) is 9.81. The van der Waals surface area contributed by atoms with Crippen LogP contribution >= 0.6 is 11.6 Å². The summed E-state index contributed by atoms with van der Waals surface area (Å²) in [5.41, 5.74) is 1.15. The second-order valence-corrected chi connectivity index (χ2v) is 9.14. The molecule has 0 saturated heterocycles. The smallest absolute Gasteiger partial charge is 0.203 e. The zero-order chi connectivity index (χ0) is 19.7. The van der Waals surface area contributed by atoms with Gasteiger partial charge in [0.2, 0.25) is 5.65 Å². The van der Waals surface area contributed by atoms with E-state index in [4.69, 9.17) is 16.3 Å². The summed E-state index contributed by atoms with van der Waals surface area (Å²) in [4.78, 5) is 0. The quantitative estimate of drug-likeness (QED) is 0.681. The lowest BCUT2D eigenvalue weighted by Gasteiger charge is -2.38. The van der Waals surface area contributed by atoms with E-state index in [-0.39, 0.29) is 10.8 Å². The van der Waals surface area contributed by atoms with Crippen LogP contribution in [0.2, 0.25) is 5.02 Å². The number of nitrogens with zero attached hydrogens (tertiary/aromatic N) is 3. The number of hydrogen-bond donors (Lipinski definition) is 1. The maximum Gasteiger partial charge on any atom is 0.203 e. The normalized spacial score (nSPS) is 28.2. The fourth-order valence-corrected chi connectivity index (χ4v) is 5.74. The number of aliphatic hydroxyl groups excluding tert-OH is 1. The summed E-state index contributed by atoms with van der Waals surface area (Å²) in [6, 6.07) is 9.44. The number of rotatable bonds is 3. The van der Waals surface area contributed by atoms with Crippen LogP contribution in [0.5, 0.6) is 11.5 Å². The third kappa shape index (κ3) is 2.17. The Labute approximate surface area is 169 Å². The van der Waals surface area contributed by atoms with Gasteiger partial charge in [0.25, 0.3) is 0 Å². The molecule has 2 heterocycles. The Hall–Kier alpha value is -2.11. The van der Waals surface area contributed by atoms with Crippen molar-refractivity contribution in [3.8, 4) is 11.5 Å². The minimum Gasteiger partial charge on any atom is -0.453 e. The van der Waals surface area contributed by atoms with Gasteiger partial charge in [0.15, 0.2) is 5.75 Å². The summed E-state index contributed by atoms with van der Waals surface area (Å²) >= 11 is 6.24. The van der Waals surface area contributed by atoms with Crippen LogP contribution in [0.1, 0.15) is 44.5 Å². The molecule has 2 bridgehead atoms. The Morgan fingerprint density at radius 3 is 2.68 bits per heavy atom. The van der Waals surface area contributed by atoms with Crippen molar-refractivity contribution in [2.24, 2.45) is 11.3 Å². The molecule has 6 heteroatoms. The number of aliphatic hydroxyl groups is 1. The van der Waals surface area contributed by atoms with Gasteiger partial charge in [-0.1, -0.05) is 31.5 Å². The van der Waals surface area contributed by atoms with Crippen LogP contribution in [0.4, 0.5) is 0 Å². The second-order valence-electron chi connectivity index (χ2n) is 8.73. The van der Waals surface area contributed by atoms with E-state index >= 15 is 0 Å². The Kier molecular flexibility index (Phi) is 3.81. The van der Waals surface area contributed by atoms with E-state index < -0.39 is 6.10 Å². The number of benzene rings is 1. The molecule has 2 fully saturated rings. The van der Waals surface area contributed by atoms with Gasteiger partial charge in [-0.2, -0.15) is 0 Å². The molecule has 28 heavy (non-hydrogen) atoms. The van der Waals surface area contributed by atoms with Gasteiger partial charge in [0, 0.05) is 16.8 Å². The van der Waals surface area contributed by atoms with Crippen molar-refractivity contribution < 1.29 is 9.84 Å². The zero-order valence-electron chi connectivity index (χ0n) is 16.3. The molecule has 3 aromatic rings. The maximum absolute atomic E-state index is 11.0. The average molecular weight is 398 g/mol. The van der Waals surface area contributed by atoms with Crippen molar-refractivity contribution in [2.45, 2.75) is 51.6 Å². The van der Waals surface area contributed by atoms with E-state index in [1.54, 1.807) is 0 Å². The van der Waals surface area contributed by atoms with E-state index in [1.165, 1.54) is 0 Å². The molecule has 2 saturated carbocycles. The van der Waals surface area contributed by atoms with E-state index in [0.29, 0.717) is 28.1 Å². The molecule has 0 unspecified atom stereocenters. The van der Waals surface area contributed by atoms with Crippen LogP contribution in [0, 0.1) is 18.3 Å². The molecule has 1 N–H and O–H groups in total. The molecule has 0 radical (unpaired) electrons. The van der Waals surface area contributed by atoms with E-state index in [1.807, 2.05) is 47.9 Å². The molecule has 1 aromatic carbocycles. The third-order valence-electron chi connectivity index (χ3n) is 7.37. The minimum atomic E-state index is -0.395. The number of pyridine rings is 1. The molecule has 2 aromatic heterocycles. The largest absolute Gasteiger partial charge is 0.453 e. The Morgan fingerprint density at radius 1 is 1.18 bits per heavy atom. The Morgan fingerprint density at radius 2 is 1.96 bits per heavy atom. The predicted octanol–water partition coefficient (Wildman–Crippen LogP) is 4.92. The van der Waals surface area contributed by atoms with Crippen molar-refractivity contribution in [1.82, 2.24) is 14.6 Å². The first kappa shape index (κ1) is 18.0. The predicted molar refractivity (Wildman–Crippen MR) is 108 cm³/mol. The molecular formula is C22H24ClN3O2. The first-order chi connectivity index (χ1) is 13.4. The Bertz CT molecular complexity index is 1080. The van der Waals surface area contributed by atoms with E-state index in [2.05, 4.69) is 24.0 Å². The van der Waals surface area contributed by atoms with Gasteiger partial charge in [-0.3, -0.25) is 4.40 Å². The summed E-state index contributed by atoms with van der Waals surface area (Å²) in [6.45, 7) is 6.46. The monoisotopic (exact) mass is 397 g/mol. The van der Waals surface area contributed by atoms with Crippen molar-refractivity contribution in [1.29, 1.82) is 0 Å². The molecule has 0 amide bonds. The number of fused-ring (bicyclic) bond motifs is 3. The number of hydrogen-bond acceptors (Lipinski definition) is 4. The van der Waals surface area contributed by atoms with Crippen LogP contribution in [-0.2, 0) is 5.41 Å². The van der Waals surface area contributed by atoms with Crippen LogP contribution in [-0.4, -0.2) is 25.8 Å². The molecule has 2 aliphatic carbocycles. The lowest BCUT2D eigenvalue weighted by atomic mass is 9.67. The van der Waals surface area contributed by atoms with Crippen molar-refractivity contribution in [2.75, 3.05) is 0 Å². The SMILES string of the molecule is Cc1c(Cl)cccc1Oc1cccn2c([C@]34CC[C@H](C[C@H]3O)C4(C)C)nnc12. The summed E-state index contributed by atoms with van der Waals surface area (Å²) in [5.74, 6) is 2.69. The van der Waals surface area contributed by atoms with Crippen molar-refractivity contribution in [3.05, 3.63) is 52.9 Å².